The molecule has 0 fully saturated rings. The predicted octanol–water partition coefficient (Wildman–Crippen LogP) is 4.16. The minimum atomic E-state index is 0.767. The van der Waals surface area contributed by atoms with Crippen molar-refractivity contribution in [3.8, 4) is 5.75 Å². The third-order valence-electron chi connectivity index (χ3n) is 3.50. The van der Waals surface area contributed by atoms with Gasteiger partial charge in [0.05, 0.1) is 24.5 Å². The second kappa shape index (κ2) is 5.83. The number of pyridine rings is 1. The van der Waals surface area contributed by atoms with Crippen molar-refractivity contribution in [3.05, 3.63) is 65.9 Å². The van der Waals surface area contributed by atoms with Crippen LogP contribution >= 0.6 is 0 Å². The van der Waals surface area contributed by atoms with Gasteiger partial charge in [0.25, 0.3) is 0 Å². The lowest BCUT2D eigenvalue weighted by molar-refractivity contribution is 0.414. The van der Waals surface area contributed by atoms with Crippen LogP contribution in [0.4, 0.5) is 5.69 Å². The molecule has 0 atom stereocenters. The van der Waals surface area contributed by atoms with Gasteiger partial charge in [0, 0.05) is 11.9 Å². The van der Waals surface area contributed by atoms with Crippen LogP contribution in [-0.2, 0) is 6.54 Å². The van der Waals surface area contributed by atoms with E-state index in [1.165, 1.54) is 11.1 Å². The summed E-state index contributed by atoms with van der Waals surface area (Å²) in [5, 5.41) is 4.55. The fourth-order valence-corrected chi connectivity index (χ4v) is 2.28. The van der Waals surface area contributed by atoms with Crippen LogP contribution < -0.4 is 10.1 Å². The lowest BCUT2D eigenvalue weighted by atomic mass is 10.1. The molecule has 0 bridgehead atoms. The van der Waals surface area contributed by atoms with Gasteiger partial charge < -0.3 is 10.1 Å². The van der Waals surface area contributed by atoms with Crippen LogP contribution in [0.3, 0.4) is 0 Å². The van der Waals surface area contributed by atoms with Gasteiger partial charge in [0.2, 0.25) is 0 Å². The van der Waals surface area contributed by atoms with Gasteiger partial charge in [-0.25, -0.2) is 0 Å². The maximum Gasteiger partial charge on any atom is 0.118 e. The van der Waals surface area contributed by atoms with Crippen molar-refractivity contribution in [2.24, 2.45) is 0 Å². The van der Waals surface area contributed by atoms with Crippen LogP contribution in [0.25, 0.3) is 10.9 Å². The summed E-state index contributed by atoms with van der Waals surface area (Å²) in [7, 11) is 1.68. The SMILES string of the molecule is COc1ccc(CNc2cnc3cc(C)ccc3c2)cc1. The van der Waals surface area contributed by atoms with E-state index in [0.29, 0.717) is 0 Å². The average molecular weight is 278 g/mol. The Hall–Kier alpha value is -2.55. The highest BCUT2D eigenvalue weighted by molar-refractivity contribution is 5.82. The molecular formula is C18H18N2O. The maximum atomic E-state index is 5.16. The topological polar surface area (TPSA) is 34.1 Å². The van der Waals surface area contributed by atoms with Crippen LogP contribution in [-0.4, -0.2) is 12.1 Å². The first-order valence-electron chi connectivity index (χ1n) is 6.98. The number of aromatic nitrogens is 1. The molecule has 0 spiro atoms. The molecule has 3 nitrogen and oxygen atoms in total. The maximum absolute atomic E-state index is 5.16. The fraction of sp³-hybridized carbons (Fsp3) is 0.167. The molecule has 0 aliphatic heterocycles. The van der Waals surface area contributed by atoms with Gasteiger partial charge in [0.1, 0.15) is 5.75 Å². The molecule has 0 saturated carbocycles. The molecule has 0 saturated heterocycles. The minimum absolute atomic E-state index is 0.767. The lowest BCUT2D eigenvalue weighted by Crippen LogP contribution is -1.99. The minimum Gasteiger partial charge on any atom is -0.497 e. The quantitative estimate of drug-likeness (QED) is 0.778. The summed E-state index contributed by atoms with van der Waals surface area (Å²) in [4.78, 5) is 4.50. The molecule has 1 N–H and O–H groups in total. The highest BCUT2D eigenvalue weighted by Crippen LogP contribution is 2.19. The summed E-state index contributed by atoms with van der Waals surface area (Å²) in [5.41, 5.74) is 4.50. The number of methoxy groups -OCH3 is 1. The van der Waals surface area contributed by atoms with Crippen molar-refractivity contribution < 1.29 is 4.74 Å². The number of anilines is 1. The van der Waals surface area contributed by atoms with Crippen molar-refractivity contribution in [3.63, 3.8) is 0 Å². The van der Waals surface area contributed by atoms with E-state index in [-0.39, 0.29) is 0 Å². The van der Waals surface area contributed by atoms with Crippen LogP contribution in [0.15, 0.2) is 54.7 Å². The Kier molecular flexibility index (Phi) is 3.73. The summed E-state index contributed by atoms with van der Waals surface area (Å²) in [6.07, 6.45) is 1.88. The fourth-order valence-electron chi connectivity index (χ4n) is 2.28. The van der Waals surface area contributed by atoms with Gasteiger partial charge >= 0.3 is 0 Å². The van der Waals surface area contributed by atoms with E-state index in [0.717, 1.165) is 28.9 Å². The second-order valence-electron chi connectivity index (χ2n) is 5.12. The number of aryl methyl sites for hydroxylation is 1. The lowest BCUT2D eigenvalue weighted by Gasteiger charge is -2.08. The molecule has 21 heavy (non-hydrogen) atoms. The zero-order valence-corrected chi connectivity index (χ0v) is 12.3. The van der Waals surface area contributed by atoms with Crippen molar-refractivity contribution in [1.29, 1.82) is 0 Å². The highest BCUT2D eigenvalue weighted by atomic mass is 16.5. The molecule has 2 aromatic carbocycles. The number of rotatable bonds is 4. The monoisotopic (exact) mass is 278 g/mol. The van der Waals surface area contributed by atoms with E-state index < -0.39 is 0 Å². The summed E-state index contributed by atoms with van der Waals surface area (Å²) in [5.74, 6) is 0.876. The molecule has 0 aliphatic rings. The largest absolute Gasteiger partial charge is 0.497 e. The molecule has 3 rings (SSSR count). The number of nitrogens with one attached hydrogen (secondary N) is 1. The van der Waals surface area contributed by atoms with Crippen LogP contribution in [0.5, 0.6) is 5.75 Å². The summed E-state index contributed by atoms with van der Waals surface area (Å²) < 4.78 is 5.16. The Morgan fingerprint density at radius 3 is 2.62 bits per heavy atom. The van der Waals surface area contributed by atoms with E-state index in [9.17, 15) is 0 Å². The summed E-state index contributed by atoms with van der Waals surface area (Å²) >= 11 is 0. The van der Waals surface area contributed by atoms with Gasteiger partial charge in [-0.1, -0.05) is 24.3 Å². The van der Waals surface area contributed by atoms with Gasteiger partial charge in [0.15, 0.2) is 0 Å². The normalized spacial score (nSPS) is 10.6. The molecule has 1 aromatic heterocycles. The highest BCUT2D eigenvalue weighted by Gasteiger charge is 1.99. The summed E-state index contributed by atoms with van der Waals surface area (Å²) in [6.45, 7) is 2.85. The van der Waals surface area contributed by atoms with Crippen molar-refractivity contribution in [2.75, 3.05) is 12.4 Å². The molecule has 1 heterocycles. The molecule has 0 unspecified atom stereocenters. The Morgan fingerprint density at radius 2 is 1.86 bits per heavy atom. The van der Waals surface area contributed by atoms with Crippen molar-refractivity contribution in [1.82, 2.24) is 4.98 Å². The zero-order chi connectivity index (χ0) is 14.7. The third-order valence-corrected chi connectivity index (χ3v) is 3.50. The number of benzene rings is 2. The van der Waals surface area contributed by atoms with Crippen molar-refractivity contribution in [2.45, 2.75) is 13.5 Å². The number of ether oxygens (including phenoxy) is 1. The third kappa shape index (κ3) is 3.14. The first kappa shape index (κ1) is 13.4. The summed E-state index contributed by atoms with van der Waals surface area (Å²) in [6, 6.07) is 16.5. The van der Waals surface area contributed by atoms with Crippen LogP contribution in [0, 0.1) is 6.92 Å². The van der Waals surface area contributed by atoms with E-state index in [2.05, 4.69) is 53.6 Å². The number of hydrogen-bond donors (Lipinski definition) is 1. The smallest absolute Gasteiger partial charge is 0.118 e. The van der Waals surface area contributed by atoms with Gasteiger partial charge in [-0.15, -0.1) is 0 Å². The Balaban J connectivity index is 1.73. The molecule has 3 heteroatoms. The van der Waals surface area contributed by atoms with Gasteiger partial charge in [-0.05, 0) is 42.3 Å². The Morgan fingerprint density at radius 1 is 1.05 bits per heavy atom. The van der Waals surface area contributed by atoms with E-state index >= 15 is 0 Å². The van der Waals surface area contributed by atoms with E-state index in [1.807, 2.05) is 18.3 Å². The molecular weight excluding hydrogens is 260 g/mol. The number of fused-ring (bicyclic) bond motifs is 1. The van der Waals surface area contributed by atoms with Crippen LogP contribution in [0.1, 0.15) is 11.1 Å². The molecule has 0 radical (unpaired) electrons. The molecule has 106 valence electrons. The van der Waals surface area contributed by atoms with E-state index in [1.54, 1.807) is 7.11 Å². The van der Waals surface area contributed by atoms with Crippen molar-refractivity contribution >= 4 is 16.6 Å². The van der Waals surface area contributed by atoms with Crippen LogP contribution in [0.2, 0.25) is 0 Å². The standard InChI is InChI=1S/C18H18N2O/c1-13-3-6-15-10-16(12-20-18(15)9-13)19-11-14-4-7-17(21-2)8-5-14/h3-10,12,19H,11H2,1-2H3. The first-order chi connectivity index (χ1) is 10.2. The van der Waals surface area contributed by atoms with Gasteiger partial charge in [-0.2, -0.15) is 0 Å². The first-order valence-corrected chi connectivity index (χ1v) is 6.98. The molecule has 0 aliphatic carbocycles. The predicted molar refractivity (Wildman–Crippen MR) is 86.8 cm³/mol. The molecule has 3 aromatic rings. The zero-order valence-electron chi connectivity index (χ0n) is 12.3. The van der Waals surface area contributed by atoms with Gasteiger partial charge in [-0.3, -0.25) is 4.98 Å². The molecule has 0 amide bonds. The number of nitrogens with zero attached hydrogens (tertiary/aromatic N) is 1. The second-order valence-corrected chi connectivity index (χ2v) is 5.12. The van der Waals surface area contributed by atoms with E-state index in [4.69, 9.17) is 4.74 Å². The number of hydrogen-bond acceptors (Lipinski definition) is 3. The average Bonchev–Trinajstić information content (AvgIpc) is 2.53. The Labute approximate surface area is 124 Å². The Bertz CT molecular complexity index is 751.